The molecule has 2 amide bonds. The summed E-state index contributed by atoms with van der Waals surface area (Å²) >= 11 is 0. The number of amides is 2. The molecule has 1 saturated carbocycles. The Hall–Kier alpha value is -2.66. The molecule has 0 radical (unpaired) electrons. The van der Waals surface area contributed by atoms with Gasteiger partial charge in [0.1, 0.15) is 5.75 Å². The molecule has 3 fully saturated rings. The zero-order valence-electron chi connectivity index (χ0n) is 16.0. The topological polar surface area (TPSA) is 49.9 Å². The molecule has 1 aliphatic carbocycles. The van der Waals surface area contributed by atoms with Crippen LogP contribution >= 0.6 is 0 Å². The minimum absolute atomic E-state index is 0.149. The van der Waals surface area contributed by atoms with Crippen molar-refractivity contribution in [3.8, 4) is 5.75 Å². The van der Waals surface area contributed by atoms with E-state index >= 15 is 0 Å². The van der Waals surface area contributed by atoms with Crippen LogP contribution in [0.5, 0.6) is 5.75 Å². The lowest BCUT2D eigenvalue weighted by atomic mass is 9.70. The summed E-state index contributed by atoms with van der Waals surface area (Å²) in [5.41, 5.74) is 2.31. The molecule has 0 N–H and O–H groups in total. The highest BCUT2D eigenvalue weighted by Gasteiger charge is 2.46. The van der Waals surface area contributed by atoms with Gasteiger partial charge in [0.05, 0.1) is 18.2 Å². The predicted molar refractivity (Wildman–Crippen MR) is 105 cm³/mol. The van der Waals surface area contributed by atoms with Crippen LogP contribution < -0.4 is 4.74 Å². The molecule has 2 bridgehead atoms. The maximum absolute atomic E-state index is 12.8. The van der Waals surface area contributed by atoms with Crippen LogP contribution in [0.4, 0.5) is 0 Å². The standard InChI is InChI=1S/C23H24N2O3/c1-28-19-8-6-15(7-9-19)13-24-17-10-16(11-17)12-18(24)14-25-22(26)20-4-2-3-5-21(20)23(25)27/h2-9,16-18H,10-14H2,1H3. The quantitative estimate of drug-likeness (QED) is 0.751. The van der Waals surface area contributed by atoms with Crippen molar-refractivity contribution in [3.63, 3.8) is 0 Å². The van der Waals surface area contributed by atoms with Crippen molar-refractivity contribution in [2.45, 2.75) is 37.9 Å². The van der Waals surface area contributed by atoms with Crippen LogP contribution in [0.1, 0.15) is 45.5 Å². The van der Waals surface area contributed by atoms with E-state index in [0.717, 1.165) is 24.6 Å². The highest BCUT2D eigenvalue weighted by atomic mass is 16.5. The van der Waals surface area contributed by atoms with Crippen LogP contribution in [0.3, 0.4) is 0 Å². The van der Waals surface area contributed by atoms with Gasteiger partial charge in [0.2, 0.25) is 0 Å². The summed E-state index contributed by atoms with van der Waals surface area (Å²) in [7, 11) is 1.67. The van der Waals surface area contributed by atoms with Crippen molar-refractivity contribution in [2.75, 3.05) is 13.7 Å². The lowest BCUT2D eigenvalue weighted by Gasteiger charge is -2.54. The average molecular weight is 376 g/mol. The molecule has 2 saturated heterocycles. The van der Waals surface area contributed by atoms with Gasteiger partial charge in [0.25, 0.3) is 11.8 Å². The van der Waals surface area contributed by atoms with Crippen LogP contribution in [-0.4, -0.2) is 47.4 Å². The molecule has 3 heterocycles. The zero-order chi connectivity index (χ0) is 19.3. The van der Waals surface area contributed by atoms with Crippen molar-refractivity contribution in [3.05, 3.63) is 65.2 Å². The van der Waals surface area contributed by atoms with Gasteiger partial charge in [-0.25, -0.2) is 0 Å². The Bertz CT molecular complexity index is 883. The van der Waals surface area contributed by atoms with E-state index < -0.39 is 0 Å². The van der Waals surface area contributed by atoms with Crippen molar-refractivity contribution in [2.24, 2.45) is 5.92 Å². The summed E-state index contributed by atoms with van der Waals surface area (Å²) in [4.78, 5) is 29.5. The number of methoxy groups -OCH3 is 1. The number of carbonyl (C=O) groups excluding carboxylic acids is 2. The molecular formula is C23H24N2O3. The normalized spacial score (nSPS) is 26.2. The molecule has 0 aromatic heterocycles. The number of imide groups is 1. The molecule has 1 unspecified atom stereocenters. The van der Waals surface area contributed by atoms with Gasteiger partial charge in [-0.3, -0.25) is 19.4 Å². The lowest BCUT2D eigenvalue weighted by molar-refractivity contribution is -0.0446. The van der Waals surface area contributed by atoms with Gasteiger partial charge in [-0.1, -0.05) is 24.3 Å². The third kappa shape index (κ3) is 2.81. The summed E-state index contributed by atoms with van der Waals surface area (Å²) in [6.07, 6.45) is 3.52. The fraction of sp³-hybridized carbons (Fsp3) is 0.391. The molecule has 28 heavy (non-hydrogen) atoms. The molecule has 2 aromatic rings. The van der Waals surface area contributed by atoms with Gasteiger partial charge >= 0.3 is 0 Å². The molecule has 6 rings (SSSR count). The summed E-state index contributed by atoms with van der Waals surface area (Å²) in [5, 5.41) is 0. The molecule has 144 valence electrons. The summed E-state index contributed by atoms with van der Waals surface area (Å²) in [5.74, 6) is 1.29. The van der Waals surface area contributed by atoms with Gasteiger partial charge in [0.15, 0.2) is 0 Å². The molecular weight excluding hydrogens is 352 g/mol. The Labute approximate surface area is 164 Å². The Kier molecular flexibility index (Phi) is 4.20. The highest BCUT2D eigenvalue weighted by molar-refractivity contribution is 6.21. The van der Waals surface area contributed by atoms with Crippen LogP contribution in [0.25, 0.3) is 0 Å². The van der Waals surface area contributed by atoms with Crippen LogP contribution in [0, 0.1) is 5.92 Å². The fourth-order valence-corrected chi connectivity index (χ4v) is 4.98. The third-order valence-electron chi connectivity index (χ3n) is 6.55. The monoisotopic (exact) mass is 376 g/mol. The number of hydrogen-bond donors (Lipinski definition) is 0. The van der Waals surface area contributed by atoms with E-state index in [1.165, 1.54) is 23.3 Å². The van der Waals surface area contributed by atoms with Gasteiger partial charge in [-0.2, -0.15) is 0 Å². The molecule has 5 nitrogen and oxygen atoms in total. The number of rotatable bonds is 5. The molecule has 2 aromatic carbocycles. The second-order valence-electron chi connectivity index (χ2n) is 8.17. The Morgan fingerprint density at radius 1 is 0.929 bits per heavy atom. The first-order chi connectivity index (χ1) is 13.6. The smallest absolute Gasteiger partial charge is 0.261 e. The Morgan fingerprint density at radius 2 is 1.57 bits per heavy atom. The second kappa shape index (κ2) is 6.74. The van der Waals surface area contributed by atoms with Crippen LogP contribution in [0.15, 0.2) is 48.5 Å². The van der Waals surface area contributed by atoms with Crippen molar-refractivity contribution < 1.29 is 14.3 Å². The predicted octanol–water partition coefficient (Wildman–Crippen LogP) is 3.34. The van der Waals surface area contributed by atoms with Gasteiger partial charge in [-0.15, -0.1) is 0 Å². The van der Waals surface area contributed by atoms with Crippen molar-refractivity contribution >= 4 is 11.8 Å². The maximum atomic E-state index is 12.8. The molecule has 0 spiro atoms. The van der Waals surface area contributed by atoms with Crippen LogP contribution in [-0.2, 0) is 6.54 Å². The van der Waals surface area contributed by atoms with Gasteiger partial charge in [-0.05, 0) is 55.0 Å². The average Bonchev–Trinajstić information content (AvgIpc) is 2.94. The van der Waals surface area contributed by atoms with E-state index in [1.54, 1.807) is 19.2 Å². The van der Waals surface area contributed by atoms with E-state index in [1.807, 2.05) is 24.3 Å². The lowest BCUT2D eigenvalue weighted by Crippen LogP contribution is -2.59. The first-order valence-electron chi connectivity index (χ1n) is 9.98. The Morgan fingerprint density at radius 3 is 2.18 bits per heavy atom. The zero-order valence-corrected chi connectivity index (χ0v) is 16.0. The minimum atomic E-state index is -0.149. The number of piperidine rings is 2. The largest absolute Gasteiger partial charge is 0.497 e. The first kappa shape index (κ1) is 17.4. The third-order valence-corrected chi connectivity index (χ3v) is 6.55. The van der Waals surface area contributed by atoms with E-state index in [4.69, 9.17) is 4.74 Å². The minimum Gasteiger partial charge on any atom is -0.497 e. The van der Waals surface area contributed by atoms with Gasteiger partial charge in [0, 0.05) is 25.2 Å². The van der Waals surface area contributed by atoms with E-state index in [2.05, 4.69) is 17.0 Å². The second-order valence-corrected chi connectivity index (χ2v) is 8.17. The molecule has 5 heteroatoms. The SMILES string of the molecule is COc1ccc(CN2C3CC(C3)CC2CN2C(=O)c3ccccc3C2=O)cc1. The van der Waals surface area contributed by atoms with E-state index in [0.29, 0.717) is 23.7 Å². The molecule has 1 atom stereocenters. The summed E-state index contributed by atoms with van der Waals surface area (Å²) in [6, 6.07) is 16.1. The van der Waals surface area contributed by atoms with Crippen LogP contribution in [0.2, 0.25) is 0 Å². The van der Waals surface area contributed by atoms with Gasteiger partial charge < -0.3 is 4.74 Å². The van der Waals surface area contributed by atoms with Crippen molar-refractivity contribution in [1.82, 2.24) is 9.80 Å². The van der Waals surface area contributed by atoms with E-state index in [-0.39, 0.29) is 17.9 Å². The first-order valence-corrected chi connectivity index (χ1v) is 9.98. The summed E-state index contributed by atoms with van der Waals surface area (Å²) < 4.78 is 5.26. The number of fused-ring (bicyclic) bond motifs is 3. The number of hydrogen-bond acceptors (Lipinski definition) is 4. The Balaban J connectivity index is 1.35. The maximum Gasteiger partial charge on any atom is 0.261 e. The number of nitrogens with zero attached hydrogens (tertiary/aromatic N) is 2. The number of ether oxygens (including phenoxy) is 1. The van der Waals surface area contributed by atoms with Crippen molar-refractivity contribution in [1.29, 1.82) is 0 Å². The highest BCUT2D eigenvalue weighted by Crippen LogP contribution is 2.44. The fourth-order valence-electron chi connectivity index (χ4n) is 4.98. The summed E-state index contributed by atoms with van der Waals surface area (Å²) in [6.45, 7) is 1.32. The van der Waals surface area contributed by atoms with E-state index in [9.17, 15) is 9.59 Å². The molecule has 3 aliphatic heterocycles. The molecule has 4 aliphatic rings. The number of carbonyl (C=O) groups is 2. The number of benzene rings is 2.